The summed E-state index contributed by atoms with van der Waals surface area (Å²) < 4.78 is 4.91. The molecule has 0 bridgehead atoms. The fourth-order valence-electron chi connectivity index (χ4n) is 1.56. The number of nitriles is 1. The van der Waals surface area contributed by atoms with Crippen molar-refractivity contribution in [2.75, 3.05) is 11.4 Å². The Morgan fingerprint density at radius 2 is 2.47 bits per heavy atom. The number of aromatic nitrogens is 1. The van der Waals surface area contributed by atoms with E-state index < -0.39 is 6.10 Å². The summed E-state index contributed by atoms with van der Waals surface area (Å²) in [7, 11) is 0. The van der Waals surface area contributed by atoms with Gasteiger partial charge in [-0.2, -0.15) is 5.26 Å². The molecule has 0 saturated carbocycles. The third-order valence-corrected chi connectivity index (χ3v) is 2.31. The molecule has 0 aliphatic carbocycles. The number of aliphatic hydroxyl groups excluding tert-OH is 1. The van der Waals surface area contributed by atoms with Gasteiger partial charge in [-0.15, -0.1) is 0 Å². The van der Waals surface area contributed by atoms with Crippen LogP contribution in [0.4, 0.5) is 5.88 Å². The Morgan fingerprint density at radius 3 is 3.00 bits per heavy atom. The van der Waals surface area contributed by atoms with E-state index in [0.29, 0.717) is 5.69 Å². The maximum Gasteiger partial charge on any atom is 0.252 e. The van der Waals surface area contributed by atoms with Gasteiger partial charge in [-0.25, -0.2) is 0 Å². The quantitative estimate of drug-likeness (QED) is 0.697. The van der Waals surface area contributed by atoms with Gasteiger partial charge in [0.1, 0.15) is 17.3 Å². The van der Waals surface area contributed by atoms with Crippen LogP contribution in [0.15, 0.2) is 4.52 Å². The SMILES string of the molecule is Cc1noc(N2CC(O)CC2=O)c1C#N. The van der Waals surface area contributed by atoms with E-state index in [1.54, 1.807) is 6.92 Å². The normalized spacial score (nSPS) is 20.7. The maximum atomic E-state index is 11.4. The lowest BCUT2D eigenvalue weighted by Gasteiger charge is -2.10. The first kappa shape index (κ1) is 9.68. The number of rotatable bonds is 1. The summed E-state index contributed by atoms with van der Waals surface area (Å²) in [6.07, 6.45) is -0.639. The number of aliphatic hydroxyl groups is 1. The van der Waals surface area contributed by atoms with E-state index in [2.05, 4.69) is 5.16 Å². The number of nitrogens with zero attached hydrogens (tertiary/aromatic N) is 3. The first-order valence-corrected chi connectivity index (χ1v) is 4.48. The van der Waals surface area contributed by atoms with Gasteiger partial charge < -0.3 is 9.63 Å². The van der Waals surface area contributed by atoms with Crippen molar-refractivity contribution in [2.24, 2.45) is 0 Å². The molecule has 6 heteroatoms. The van der Waals surface area contributed by atoms with Gasteiger partial charge in [0.2, 0.25) is 5.91 Å². The fourth-order valence-corrected chi connectivity index (χ4v) is 1.56. The molecular formula is C9H9N3O3. The molecule has 0 spiro atoms. The van der Waals surface area contributed by atoms with E-state index in [4.69, 9.17) is 9.78 Å². The lowest BCUT2D eigenvalue weighted by atomic mass is 10.2. The molecule has 1 unspecified atom stereocenters. The van der Waals surface area contributed by atoms with Gasteiger partial charge in [-0.3, -0.25) is 9.69 Å². The van der Waals surface area contributed by atoms with Gasteiger partial charge >= 0.3 is 0 Å². The van der Waals surface area contributed by atoms with Crippen LogP contribution in [0.25, 0.3) is 0 Å². The lowest BCUT2D eigenvalue weighted by Crippen LogP contribution is -2.25. The van der Waals surface area contributed by atoms with E-state index in [9.17, 15) is 9.90 Å². The molecule has 1 fully saturated rings. The molecule has 2 heterocycles. The third-order valence-electron chi connectivity index (χ3n) is 2.31. The van der Waals surface area contributed by atoms with E-state index in [-0.39, 0.29) is 30.3 Å². The predicted octanol–water partition coefficient (Wildman–Crippen LogP) is -0.0477. The van der Waals surface area contributed by atoms with Crippen molar-refractivity contribution in [3.63, 3.8) is 0 Å². The van der Waals surface area contributed by atoms with Gasteiger partial charge in [0.25, 0.3) is 5.88 Å². The van der Waals surface area contributed by atoms with Crippen LogP contribution in [0.3, 0.4) is 0 Å². The number of hydrogen-bond acceptors (Lipinski definition) is 5. The number of hydrogen-bond donors (Lipinski definition) is 1. The molecule has 1 aliphatic heterocycles. The van der Waals surface area contributed by atoms with E-state index >= 15 is 0 Å². The lowest BCUT2D eigenvalue weighted by molar-refractivity contribution is -0.117. The molecule has 1 N–H and O–H groups in total. The maximum absolute atomic E-state index is 11.4. The van der Waals surface area contributed by atoms with Crippen LogP contribution in [0.1, 0.15) is 17.7 Å². The van der Waals surface area contributed by atoms with Crippen LogP contribution in [-0.2, 0) is 4.79 Å². The minimum absolute atomic E-state index is 0.0601. The smallest absolute Gasteiger partial charge is 0.252 e. The van der Waals surface area contributed by atoms with Crippen LogP contribution >= 0.6 is 0 Å². The molecule has 1 amide bonds. The van der Waals surface area contributed by atoms with Crippen molar-refractivity contribution in [3.05, 3.63) is 11.3 Å². The zero-order valence-corrected chi connectivity index (χ0v) is 8.10. The van der Waals surface area contributed by atoms with Crippen molar-refractivity contribution in [1.82, 2.24) is 5.16 Å². The van der Waals surface area contributed by atoms with Gasteiger partial charge in [0.05, 0.1) is 19.1 Å². The van der Waals surface area contributed by atoms with Crippen LogP contribution in [0.2, 0.25) is 0 Å². The molecule has 0 aromatic carbocycles. The number of aryl methyl sites for hydroxylation is 1. The molecular weight excluding hydrogens is 198 g/mol. The second-order valence-corrected chi connectivity index (χ2v) is 3.42. The van der Waals surface area contributed by atoms with Crippen molar-refractivity contribution in [1.29, 1.82) is 5.26 Å². The van der Waals surface area contributed by atoms with Gasteiger partial charge in [0, 0.05) is 0 Å². The van der Waals surface area contributed by atoms with Crippen LogP contribution in [-0.4, -0.2) is 28.8 Å². The van der Waals surface area contributed by atoms with Crippen molar-refractivity contribution in [3.8, 4) is 6.07 Å². The summed E-state index contributed by atoms with van der Waals surface area (Å²) in [5, 5.41) is 21.8. The molecule has 6 nitrogen and oxygen atoms in total. The fraction of sp³-hybridized carbons (Fsp3) is 0.444. The highest BCUT2D eigenvalue weighted by Gasteiger charge is 2.33. The Bertz CT molecular complexity index is 446. The molecule has 1 aromatic rings. The number of carbonyl (C=O) groups excluding carboxylic acids is 1. The van der Waals surface area contributed by atoms with E-state index in [0.717, 1.165) is 0 Å². The Morgan fingerprint density at radius 1 is 1.73 bits per heavy atom. The van der Waals surface area contributed by atoms with Crippen LogP contribution < -0.4 is 4.90 Å². The third kappa shape index (κ3) is 1.47. The van der Waals surface area contributed by atoms with Crippen molar-refractivity contribution in [2.45, 2.75) is 19.4 Å². The summed E-state index contributed by atoms with van der Waals surface area (Å²) in [6.45, 7) is 1.78. The summed E-state index contributed by atoms with van der Waals surface area (Å²) in [6, 6.07) is 1.92. The summed E-state index contributed by atoms with van der Waals surface area (Å²) in [5.41, 5.74) is 0.694. The Balaban J connectivity index is 2.39. The first-order valence-electron chi connectivity index (χ1n) is 4.48. The predicted molar refractivity (Wildman–Crippen MR) is 48.9 cm³/mol. The van der Waals surface area contributed by atoms with E-state index in [1.807, 2.05) is 6.07 Å². The molecule has 1 saturated heterocycles. The van der Waals surface area contributed by atoms with Crippen molar-refractivity contribution < 1.29 is 14.4 Å². The summed E-state index contributed by atoms with van der Waals surface area (Å²) in [4.78, 5) is 12.7. The number of β-amino-alcohol motifs (C(OH)–C–C–N with tert-alkyl or cyclic N) is 1. The summed E-state index contributed by atoms with van der Waals surface area (Å²) in [5.74, 6) is -0.119. The average molecular weight is 207 g/mol. The average Bonchev–Trinajstić information content (AvgIpc) is 2.69. The van der Waals surface area contributed by atoms with Gasteiger partial charge in [-0.1, -0.05) is 5.16 Å². The standard InChI is InChI=1S/C9H9N3O3/c1-5-7(3-10)9(15-11-5)12-4-6(13)2-8(12)14/h6,13H,2,4H2,1H3. The summed E-state index contributed by atoms with van der Waals surface area (Å²) >= 11 is 0. The topological polar surface area (TPSA) is 90.4 Å². The highest BCUT2D eigenvalue weighted by molar-refractivity contribution is 5.95. The molecule has 0 radical (unpaired) electrons. The minimum atomic E-state index is -0.700. The van der Waals surface area contributed by atoms with Gasteiger partial charge in [0.15, 0.2) is 0 Å². The van der Waals surface area contributed by atoms with Gasteiger partial charge in [-0.05, 0) is 6.92 Å². The minimum Gasteiger partial charge on any atom is -0.391 e. The monoisotopic (exact) mass is 207 g/mol. The number of carbonyl (C=O) groups is 1. The van der Waals surface area contributed by atoms with E-state index in [1.165, 1.54) is 4.90 Å². The zero-order valence-electron chi connectivity index (χ0n) is 8.10. The largest absolute Gasteiger partial charge is 0.391 e. The van der Waals surface area contributed by atoms with Crippen molar-refractivity contribution >= 4 is 11.8 Å². The second-order valence-electron chi connectivity index (χ2n) is 3.42. The van der Waals surface area contributed by atoms with Crippen LogP contribution in [0, 0.1) is 18.3 Å². The molecule has 1 aromatic heterocycles. The Kier molecular flexibility index (Phi) is 2.17. The number of amides is 1. The first-order chi connectivity index (χ1) is 7.13. The second kappa shape index (κ2) is 3.37. The Hall–Kier alpha value is -1.87. The molecule has 1 atom stereocenters. The zero-order chi connectivity index (χ0) is 11.0. The Labute approximate surface area is 85.7 Å². The van der Waals surface area contributed by atoms with Crippen LogP contribution in [0.5, 0.6) is 0 Å². The molecule has 15 heavy (non-hydrogen) atoms. The highest BCUT2D eigenvalue weighted by Crippen LogP contribution is 2.26. The number of anilines is 1. The highest BCUT2D eigenvalue weighted by atomic mass is 16.5. The molecule has 2 rings (SSSR count). The molecule has 78 valence electrons. The molecule has 1 aliphatic rings.